The molecule has 1 aromatic heterocycles. The van der Waals surface area contributed by atoms with Crippen molar-refractivity contribution in [3.05, 3.63) is 57.3 Å². The zero-order chi connectivity index (χ0) is 22.5. The number of carboxylic acids is 1. The highest BCUT2D eigenvalue weighted by Crippen LogP contribution is 2.41. The second-order valence-corrected chi connectivity index (χ2v) is 10.1. The first-order valence-corrected chi connectivity index (χ1v) is 12.5. The number of amides is 1. The minimum Gasteiger partial charge on any atom is -0.481 e. The number of aliphatic carboxylic acids is 1. The molecule has 1 aromatic carbocycles. The summed E-state index contributed by atoms with van der Waals surface area (Å²) in [5, 5.41) is 12.6. The second kappa shape index (κ2) is 10.3. The van der Waals surface area contributed by atoms with Crippen LogP contribution in [0.1, 0.15) is 76.7 Å². The number of carbonyl (C=O) groups is 2. The minimum absolute atomic E-state index is 0.0507. The van der Waals surface area contributed by atoms with Crippen LogP contribution in [0.15, 0.2) is 36.4 Å². The van der Waals surface area contributed by atoms with E-state index in [1.807, 2.05) is 35.6 Å². The van der Waals surface area contributed by atoms with Crippen molar-refractivity contribution >= 4 is 35.0 Å². The zero-order valence-corrected chi connectivity index (χ0v) is 19.5. The number of allylic oxidation sites excluding steroid dienone is 1. The van der Waals surface area contributed by atoms with Gasteiger partial charge in [-0.05, 0) is 73.6 Å². The van der Waals surface area contributed by atoms with Gasteiger partial charge in [-0.2, -0.15) is 0 Å². The van der Waals surface area contributed by atoms with Gasteiger partial charge >= 0.3 is 5.97 Å². The Kier molecular flexibility index (Phi) is 7.30. The third-order valence-corrected chi connectivity index (χ3v) is 7.83. The summed E-state index contributed by atoms with van der Waals surface area (Å²) in [4.78, 5) is 27.6. The van der Waals surface area contributed by atoms with E-state index in [2.05, 4.69) is 23.5 Å². The SMILES string of the molecule is CN(CCC(=O)O)C(=O)c1ccc(NC(c2cc3c(s2)C=CCC3)C2CCCCC2)cc1. The highest BCUT2D eigenvalue weighted by Gasteiger charge is 2.27. The fraction of sp³-hybridized carbons (Fsp3) is 0.462. The first kappa shape index (κ1) is 22.6. The van der Waals surface area contributed by atoms with Gasteiger partial charge in [0, 0.05) is 34.6 Å². The highest BCUT2D eigenvalue weighted by molar-refractivity contribution is 7.13. The fourth-order valence-electron chi connectivity index (χ4n) is 4.75. The summed E-state index contributed by atoms with van der Waals surface area (Å²) in [5.74, 6) is -0.431. The number of anilines is 1. The van der Waals surface area contributed by atoms with E-state index >= 15 is 0 Å². The molecule has 0 bridgehead atoms. The fourth-order valence-corrected chi connectivity index (χ4v) is 6.04. The van der Waals surface area contributed by atoms with Crippen molar-refractivity contribution in [3.8, 4) is 0 Å². The van der Waals surface area contributed by atoms with Crippen molar-refractivity contribution in [1.29, 1.82) is 0 Å². The lowest BCUT2D eigenvalue weighted by molar-refractivity contribution is -0.137. The Morgan fingerprint density at radius 2 is 1.94 bits per heavy atom. The number of benzene rings is 1. The molecule has 1 fully saturated rings. The number of rotatable bonds is 8. The van der Waals surface area contributed by atoms with Crippen molar-refractivity contribution < 1.29 is 14.7 Å². The number of hydrogen-bond acceptors (Lipinski definition) is 4. The summed E-state index contributed by atoms with van der Waals surface area (Å²) in [6.07, 6.45) is 13.2. The Morgan fingerprint density at radius 3 is 2.62 bits per heavy atom. The van der Waals surface area contributed by atoms with Gasteiger partial charge in [-0.15, -0.1) is 11.3 Å². The number of aryl methyl sites for hydroxylation is 1. The number of carboxylic acid groups (broad SMARTS) is 1. The van der Waals surface area contributed by atoms with Crippen LogP contribution in [0, 0.1) is 5.92 Å². The lowest BCUT2D eigenvalue weighted by Gasteiger charge is -2.31. The van der Waals surface area contributed by atoms with E-state index in [4.69, 9.17) is 5.11 Å². The van der Waals surface area contributed by atoms with E-state index in [0.717, 1.165) is 18.5 Å². The first-order valence-electron chi connectivity index (χ1n) is 11.6. The average molecular weight is 453 g/mol. The Hall–Kier alpha value is -2.60. The number of nitrogens with one attached hydrogen (secondary N) is 1. The number of thiophene rings is 1. The van der Waals surface area contributed by atoms with Crippen LogP contribution in [0.5, 0.6) is 0 Å². The predicted octanol–water partition coefficient (Wildman–Crippen LogP) is 5.99. The average Bonchev–Trinajstić information content (AvgIpc) is 3.25. The molecule has 2 aliphatic rings. The van der Waals surface area contributed by atoms with Crippen molar-refractivity contribution in [2.45, 2.75) is 57.4 Å². The standard InChI is InChI=1S/C26H32N2O3S/c1-28(16-15-24(29)30)26(31)19-11-13-21(14-12-19)27-25(18-7-3-2-4-8-18)23-17-20-9-5-6-10-22(20)32-23/h6,10-14,17-18,25,27H,2-5,7-9,15-16H2,1H3,(H,29,30). The molecule has 1 atom stereocenters. The maximum atomic E-state index is 12.6. The molecule has 4 rings (SSSR count). The summed E-state index contributed by atoms with van der Waals surface area (Å²) in [6, 6.07) is 10.3. The van der Waals surface area contributed by atoms with E-state index in [1.54, 1.807) is 7.05 Å². The van der Waals surface area contributed by atoms with Crippen LogP contribution >= 0.6 is 11.3 Å². The molecule has 0 aliphatic heterocycles. The molecule has 5 nitrogen and oxygen atoms in total. The van der Waals surface area contributed by atoms with Crippen molar-refractivity contribution in [2.24, 2.45) is 5.92 Å². The summed E-state index contributed by atoms with van der Waals surface area (Å²) in [6.45, 7) is 0.204. The van der Waals surface area contributed by atoms with E-state index < -0.39 is 5.97 Å². The Balaban J connectivity index is 1.49. The Bertz CT molecular complexity index is 973. The van der Waals surface area contributed by atoms with Gasteiger partial charge in [-0.3, -0.25) is 9.59 Å². The smallest absolute Gasteiger partial charge is 0.305 e. The number of hydrogen-bond donors (Lipinski definition) is 2. The maximum absolute atomic E-state index is 12.6. The molecule has 6 heteroatoms. The Labute approximate surface area is 194 Å². The summed E-state index contributed by atoms with van der Waals surface area (Å²) in [7, 11) is 1.64. The normalized spacial score (nSPS) is 16.9. The minimum atomic E-state index is -0.899. The highest BCUT2D eigenvalue weighted by atomic mass is 32.1. The lowest BCUT2D eigenvalue weighted by atomic mass is 9.83. The molecule has 2 aliphatic carbocycles. The maximum Gasteiger partial charge on any atom is 0.305 e. The molecule has 1 heterocycles. The van der Waals surface area contributed by atoms with Gasteiger partial charge < -0.3 is 15.3 Å². The molecule has 2 aromatic rings. The van der Waals surface area contributed by atoms with E-state index in [1.165, 1.54) is 52.3 Å². The second-order valence-electron chi connectivity index (χ2n) is 8.95. The predicted molar refractivity (Wildman–Crippen MR) is 130 cm³/mol. The quantitative estimate of drug-likeness (QED) is 0.516. The first-order chi connectivity index (χ1) is 15.5. The Morgan fingerprint density at radius 1 is 1.19 bits per heavy atom. The largest absolute Gasteiger partial charge is 0.481 e. The molecule has 1 saturated carbocycles. The van der Waals surface area contributed by atoms with Crippen LogP contribution < -0.4 is 5.32 Å². The van der Waals surface area contributed by atoms with Gasteiger partial charge in [0.25, 0.3) is 5.91 Å². The summed E-state index contributed by atoms with van der Waals surface area (Å²) in [5.41, 5.74) is 3.07. The summed E-state index contributed by atoms with van der Waals surface area (Å²) >= 11 is 1.92. The molecule has 0 saturated heterocycles. The van der Waals surface area contributed by atoms with Crippen LogP contribution in [-0.4, -0.2) is 35.5 Å². The van der Waals surface area contributed by atoms with Gasteiger partial charge in [0.2, 0.25) is 0 Å². The molecule has 170 valence electrons. The molecule has 1 unspecified atom stereocenters. The van der Waals surface area contributed by atoms with Gasteiger partial charge in [0.1, 0.15) is 0 Å². The molecular weight excluding hydrogens is 420 g/mol. The topological polar surface area (TPSA) is 69.6 Å². The van der Waals surface area contributed by atoms with Crippen LogP contribution in [0.3, 0.4) is 0 Å². The molecule has 1 amide bonds. The van der Waals surface area contributed by atoms with Crippen molar-refractivity contribution in [3.63, 3.8) is 0 Å². The van der Waals surface area contributed by atoms with Gasteiger partial charge in [-0.25, -0.2) is 0 Å². The van der Waals surface area contributed by atoms with Crippen LogP contribution in [0.4, 0.5) is 5.69 Å². The van der Waals surface area contributed by atoms with Crippen LogP contribution in [0.25, 0.3) is 6.08 Å². The molecule has 2 N–H and O–H groups in total. The third kappa shape index (κ3) is 5.41. The van der Waals surface area contributed by atoms with E-state index in [0.29, 0.717) is 17.5 Å². The summed E-state index contributed by atoms with van der Waals surface area (Å²) < 4.78 is 0. The third-order valence-electron chi connectivity index (χ3n) is 6.60. The lowest BCUT2D eigenvalue weighted by Crippen LogP contribution is -2.29. The van der Waals surface area contributed by atoms with Crippen LogP contribution in [-0.2, 0) is 11.2 Å². The van der Waals surface area contributed by atoms with Crippen molar-refractivity contribution in [2.75, 3.05) is 18.9 Å². The number of carbonyl (C=O) groups excluding carboxylic acids is 1. The zero-order valence-electron chi connectivity index (χ0n) is 18.7. The number of nitrogens with zero attached hydrogens (tertiary/aromatic N) is 1. The molecular formula is C26H32N2O3S. The van der Waals surface area contributed by atoms with Crippen LogP contribution in [0.2, 0.25) is 0 Å². The molecule has 0 spiro atoms. The monoisotopic (exact) mass is 452 g/mol. The number of fused-ring (bicyclic) bond motifs is 1. The van der Waals surface area contributed by atoms with E-state index in [9.17, 15) is 9.59 Å². The molecule has 32 heavy (non-hydrogen) atoms. The van der Waals surface area contributed by atoms with Gasteiger partial charge in [0.05, 0.1) is 12.5 Å². The van der Waals surface area contributed by atoms with E-state index in [-0.39, 0.29) is 18.9 Å². The van der Waals surface area contributed by atoms with Crippen molar-refractivity contribution in [1.82, 2.24) is 4.90 Å². The molecule has 0 radical (unpaired) electrons. The van der Waals surface area contributed by atoms with Gasteiger partial charge in [0.15, 0.2) is 0 Å². The van der Waals surface area contributed by atoms with Gasteiger partial charge in [-0.1, -0.05) is 25.3 Å².